The highest BCUT2D eigenvalue weighted by atomic mass is 79.9. The molecule has 1 aliphatic carbocycles. The Kier molecular flexibility index (Phi) is 4.59. The number of fused-ring (bicyclic) bond motifs is 1. The van der Waals surface area contributed by atoms with Gasteiger partial charge in [0, 0.05) is 16.4 Å². The van der Waals surface area contributed by atoms with E-state index in [4.69, 9.17) is 15.2 Å². The highest BCUT2D eigenvalue weighted by Crippen LogP contribution is 2.38. The number of nitrogens with two attached hydrogens (primary N) is 1. The molecule has 1 fully saturated rings. The van der Waals surface area contributed by atoms with Crippen LogP contribution in [0.25, 0.3) is 0 Å². The lowest BCUT2D eigenvalue weighted by molar-refractivity contribution is -0.125. The lowest BCUT2D eigenvalue weighted by Gasteiger charge is -2.23. The number of nitrogens with one attached hydrogen (secondary N) is 1. The summed E-state index contributed by atoms with van der Waals surface area (Å²) < 4.78 is 12.1. The van der Waals surface area contributed by atoms with Crippen molar-refractivity contribution in [1.29, 1.82) is 0 Å². The van der Waals surface area contributed by atoms with Crippen LogP contribution in [0, 0.1) is 5.92 Å². The van der Waals surface area contributed by atoms with Gasteiger partial charge in [0.05, 0.1) is 6.04 Å². The van der Waals surface area contributed by atoms with E-state index in [9.17, 15) is 4.79 Å². The number of carbonyl (C=O) groups is 1. The minimum Gasteiger partial charge on any atom is -0.486 e. The van der Waals surface area contributed by atoms with Gasteiger partial charge in [-0.05, 0) is 43.9 Å². The SMILES string of the molecule is CC(NC(=O)C1CCC(N)C1)c1cc2c(cc1Br)OCCO2. The molecule has 0 bridgehead atoms. The molecule has 22 heavy (non-hydrogen) atoms. The first-order valence-corrected chi connectivity index (χ1v) is 8.49. The van der Waals surface area contributed by atoms with E-state index in [1.807, 2.05) is 19.1 Å². The Labute approximate surface area is 138 Å². The van der Waals surface area contributed by atoms with Gasteiger partial charge >= 0.3 is 0 Å². The Morgan fingerprint density at radius 1 is 1.32 bits per heavy atom. The van der Waals surface area contributed by atoms with Crippen LogP contribution >= 0.6 is 15.9 Å². The number of halogens is 1. The first-order chi connectivity index (χ1) is 10.5. The number of rotatable bonds is 3. The zero-order valence-electron chi connectivity index (χ0n) is 12.6. The molecule has 6 heteroatoms. The maximum Gasteiger partial charge on any atom is 0.223 e. The molecule has 1 aliphatic heterocycles. The monoisotopic (exact) mass is 368 g/mol. The second kappa shape index (κ2) is 6.46. The number of amides is 1. The third kappa shape index (κ3) is 3.22. The molecule has 3 unspecified atom stereocenters. The van der Waals surface area contributed by atoms with E-state index in [1.54, 1.807) is 0 Å². The van der Waals surface area contributed by atoms with Crippen molar-refractivity contribution in [3.05, 3.63) is 22.2 Å². The molecule has 0 aromatic heterocycles. The van der Waals surface area contributed by atoms with Crippen molar-refractivity contribution in [2.24, 2.45) is 11.7 Å². The summed E-state index contributed by atoms with van der Waals surface area (Å²) in [5.74, 6) is 1.59. The molecule has 1 aromatic rings. The smallest absolute Gasteiger partial charge is 0.223 e. The fourth-order valence-corrected chi connectivity index (χ4v) is 3.74. The fourth-order valence-electron chi connectivity index (χ4n) is 3.08. The van der Waals surface area contributed by atoms with Crippen LogP contribution < -0.4 is 20.5 Å². The van der Waals surface area contributed by atoms with Crippen LogP contribution in [0.1, 0.15) is 37.8 Å². The van der Waals surface area contributed by atoms with Crippen LogP contribution in [-0.4, -0.2) is 25.2 Å². The molecule has 120 valence electrons. The molecular formula is C16H21BrN2O3. The van der Waals surface area contributed by atoms with Crippen molar-refractivity contribution in [1.82, 2.24) is 5.32 Å². The van der Waals surface area contributed by atoms with Gasteiger partial charge in [-0.15, -0.1) is 0 Å². The summed E-state index contributed by atoms with van der Waals surface area (Å²) in [6, 6.07) is 3.89. The predicted octanol–water partition coefficient (Wildman–Crippen LogP) is 2.52. The van der Waals surface area contributed by atoms with Crippen LogP contribution in [0.5, 0.6) is 11.5 Å². The number of ether oxygens (including phenoxy) is 2. The van der Waals surface area contributed by atoms with Crippen molar-refractivity contribution >= 4 is 21.8 Å². The highest BCUT2D eigenvalue weighted by molar-refractivity contribution is 9.10. The number of hydrogen-bond donors (Lipinski definition) is 2. The van der Waals surface area contributed by atoms with E-state index >= 15 is 0 Å². The molecule has 0 spiro atoms. The summed E-state index contributed by atoms with van der Waals surface area (Å²) in [6.45, 7) is 3.09. The summed E-state index contributed by atoms with van der Waals surface area (Å²) >= 11 is 3.55. The van der Waals surface area contributed by atoms with Crippen molar-refractivity contribution in [3.8, 4) is 11.5 Å². The first kappa shape index (κ1) is 15.6. The van der Waals surface area contributed by atoms with E-state index < -0.39 is 0 Å². The normalized spacial score (nSPS) is 24.9. The zero-order chi connectivity index (χ0) is 15.7. The standard InChI is InChI=1S/C16H21BrN2O3/c1-9(19-16(20)10-2-3-11(18)6-10)12-7-14-15(8-13(12)17)22-5-4-21-14/h7-11H,2-6,18H2,1H3,(H,19,20). The van der Waals surface area contributed by atoms with Crippen LogP contribution in [0.4, 0.5) is 0 Å². The van der Waals surface area contributed by atoms with E-state index in [0.29, 0.717) is 13.2 Å². The van der Waals surface area contributed by atoms with E-state index in [1.165, 1.54) is 0 Å². The Morgan fingerprint density at radius 3 is 2.64 bits per heavy atom. The Balaban J connectivity index is 1.71. The summed E-state index contributed by atoms with van der Waals surface area (Å²) in [4.78, 5) is 12.3. The molecule has 1 aromatic carbocycles. The summed E-state index contributed by atoms with van der Waals surface area (Å²) in [7, 11) is 0. The maximum absolute atomic E-state index is 12.3. The molecule has 0 radical (unpaired) electrons. The predicted molar refractivity (Wildman–Crippen MR) is 87.0 cm³/mol. The lowest BCUT2D eigenvalue weighted by atomic mass is 10.0. The van der Waals surface area contributed by atoms with Gasteiger partial charge in [0.15, 0.2) is 11.5 Å². The second-order valence-electron chi connectivity index (χ2n) is 6.02. The first-order valence-electron chi connectivity index (χ1n) is 7.69. The maximum atomic E-state index is 12.3. The molecule has 2 aliphatic rings. The minimum absolute atomic E-state index is 0.0356. The second-order valence-corrected chi connectivity index (χ2v) is 6.87. The molecule has 0 saturated heterocycles. The Bertz CT molecular complexity index is 579. The lowest BCUT2D eigenvalue weighted by Crippen LogP contribution is -2.32. The van der Waals surface area contributed by atoms with Crippen LogP contribution in [0.3, 0.4) is 0 Å². The van der Waals surface area contributed by atoms with Crippen LogP contribution in [0.2, 0.25) is 0 Å². The van der Waals surface area contributed by atoms with Gasteiger partial charge in [-0.3, -0.25) is 4.79 Å². The van der Waals surface area contributed by atoms with Crippen molar-refractivity contribution in [2.45, 2.75) is 38.3 Å². The van der Waals surface area contributed by atoms with Crippen molar-refractivity contribution in [3.63, 3.8) is 0 Å². The van der Waals surface area contributed by atoms with E-state index in [-0.39, 0.29) is 23.9 Å². The van der Waals surface area contributed by atoms with E-state index in [2.05, 4.69) is 21.2 Å². The molecule has 1 amide bonds. The van der Waals surface area contributed by atoms with Gasteiger partial charge in [-0.25, -0.2) is 0 Å². The van der Waals surface area contributed by atoms with Gasteiger partial charge in [0.25, 0.3) is 0 Å². The van der Waals surface area contributed by atoms with Crippen molar-refractivity contribution in [2.75, 3.05) is 13.2 Å². The molecule has 3 atom stereocenters. The fraction of sp³-hybridized carbons (Fsp3) is 0.562. The summed E-state index contributed by atoms with van der Waals surface area (Å²) in [5, 5.41) is 3.09. The zero-order valence-corrected chi connectivity index (χ0v) is 14.2. The van der Waals surface area contributed by atoms with Gasteiger partial charge in [-0.1, -0.05) is 15.9 Å². The Morgan fingerprint density at radius 2 is 2.00 bits per heavy atom. The highest BCUT2D eigenvalue weighted by Gasteiger charge is 2.29. The summed E-state index contributed by atoms with van der Waals surface area (Å²) in [6.07, 6.45) is 2.59. The third-order valence-corrected chi connectivity index (χ3v) is 5.02. The van der Waals surface area contributed by atoms with Crippen LogP contribution in [-0.2, 0) is 4.79 Å². The quantitative estimate of drug-likeness (QED) is 0.859. The molecule has 3 N–H and O–H groups in total. The molecule has 1 saturated carbocycles. The third-order valence-electron chi connectivity index (χ3n) is 4.33. The number of benzene rings is 1. The molecule has 5 nitrogen and oxygen atoms in total. The van der Waals surface area contributed by atoms with Gasteiger partial charge in [0.1, 0.15) is 13.2 Å². The summed E-state index contributed by atoms with van der Waals surface area (Å²) in [5.41, 5.74) is 6.87. The van der Waals surface area contributed by atoms with Gasteiger partial charge in [0.2, 0.25) is 5.91 Å². The number of carbonyl (C=O) groups excluding carboxylic acids is 1. The molecule has 3 rings (SSSR count). The Hall–Kier alpha value is -1.27. The van der Waals surface area contributed by atoms with E-state index in [0.717, 1.165) is 40.8 Å². The van der Waals surface area contributed by atoms with Gasteiger partial charge in [-0.2, -0.15) is 0 Å². The van der Waals surface area contributed by atoms with Crippen molar-refractivity contribution < 1.29 is 14.3 Å². The van der Waals surface area contributed by atoms with Crippen LogP contribution in [0.15, 0.2) is 16.6 Å². The largest absolute Gasteiger partial charge is 0.486 e. The molecular weight excluding hydrogens is 348 g/mol. The van der Waals surface area contributed by atoms with Gasteiger partial charge < -0.3 is 20.5 Å². The average molecular weight is 369 g/mol. The minimum atomic E-state index is -0.102. The topological polar surface area (TPSA) is 73.6 Å². The molecule has 1 heterocycles. The average Bonchev–Trinajstić information content (AvgIpc) is 2.93. The number of hydrogen-bond acceptors (Lipinski definition) is 4.